The van der Waals surface area contributed by atoms with Gasteiger partial charge in [-0.05, 0) is 19.1 Å². The molecule has 0 saturated carbocycles. The summed E-state index contributed by atoms with van der Waals surface area (Å²) >= 11 is 0. The first-order valence-corrected chi connectivity index (χ1v) is 5.88. The predicted octanol–water partition coefficient (Wildman–Crippen LogP) is 2.15. The highest BCUT2D eigenvalue weighted by Gasteiger charge is 2.12. The number of hydrogen-bond donors (Lipinski definition) is 0. The number of ether oxygens (including phenoxy) is 5. The first-order valence-electron chi connectivity index (χ1n) is 5.88. The zero-order chi connectivity index (χ0) is 15.5. The molecule has 0 aliphatic rings. The maximum Gasteiger partial charge on any atom is 0.203 e. The van der Waals surface area contributed by atoms with Gasteiger partial charge in [0.1, 0.15) is 6.29 Å². The van der Waals surface area contributed by atoms with Crippen molar-refractivity contribution in [2.45, 2.75) is 13.2 Å². The Bertz CT molecular complexity index is 376. The second-order valence-electron chi connectivity index (χ2n) is 3.62. The molecule has 0 saturated heterocycles. The molecule has 20 heavy (non-hydrogen) atoms. The second kappa shape index (κ2) is 10.1. The number of aldehydes is 1. The summed E-state index contributed by atoms with van der Waals surface area (Å²) < 4.78 is 24.6. The van der Waals surface area contributed by atoms with Crippen LogP contribution in [0.25, 0.3) is 0 Å². The fourth-order valence-electron chi connectivity index (χ4n) is 1.27. The lowest BCUT2D eigenvalue weighted by Gasteiger charge is -2.11. The Morgan fingerprint density at radius 1 is 0.900 bits per heavy atom. The molecule has 0 aliphatic heterocycles. The molecule has 114 valence electrons. The molecule has 0 fully saturated rings. The van der Waals surface area contributed by atoms with Crippen molar-refractivity contribution in [3.8, 4) is 17.2 Å². The molecule has 0 heterocycles. The van der Waals surface area contributed by atoms with Crippen LogP contribution in [0.2, 0.25) is 0 Å². The average Bonchev–Trinajstić information content (AvgIpc) is 2.52. The zero-order valence-electron chi connectivity index (χ0n) is 12.8. The molecule has 0 spiro atoms. The Morgan fingerprint density at radius 3 is 1.55 bits per heavy atom. The summed E-state index contributed by atoms with van der Waals surface area (Å²) in [5, 5.41) is 0. The van der Waals surface area contributed by atoms with E-state index in [-0.39, 0.29) is 6.29 Å². The Balaban J connectivity index is 0.000000511. The zero-order valence-corrected chi connectivity index (χ0v) is 12.8. The minimum absolute atomic E-state index is 0.0648. The third-order valence-corrected chi connectivity index (χ3v) is 2.49. The summed E-state index contributed by atoms with van der Waals surface area (Å²) in [6, 6.07) is 3.18. The van der Waals surface area contributed by atoms with Crippen LogP contribution in [0.15, 0.2) is 12.1 Å². The van der Waals surface area contributed by atoms with Crippen LogP contribution in [-0.4, -0.2) is 48.1 Å². The van der Waals surface area contributed by atoms with Crippen LogP contribution in [0.1, 0.15) is 17.3 Å². The molecule has 0 aliphatic carbocycles. The van der Waals surface area contributed by atoms with E-state index in [4.69, 9.17) is 14.2 Å². The minimum Gasteiger partial charge on any atom is -0.493 e. The summed E-state index contributed by atoms with van der Waals surface area (Å²) in [5.41, 5.74) is 0.486. The monoisotopic (exact) mass is 286 g/mol. The van der Waals surface area contributed by atoms with Crippen molar-refractivity contribution in [2.75, 3.05) is 35.5 Å². The third-order valence-electron chi connectivity index (χ3n) is 2.49. The highest BCUT2D eigenvalue weighted by molar-refractivity contribution is 5.78. The average molecular weight is 286 g/mol. The fraction of sp³-hybridized carbons (Fsp3) is 0.500. The van der Waals surface area contributed by atoms with E-state index in [1.54, 1.807) is 26.4 Å². The smallest absolute Gasteiger partial charge is 0.203 e. The van der Waals surface area contributed by atoms with Crippen molar-refractivity contribution >= 4 is 6.29 Å². The highest BCUT2D eigenvalue weighted by Crippen LogP contribution is 2.37. The summed E-state index contributed by atoms with van der Waals surface area (Å²) in [5.74, 6) is 1.45. The molecule has 0 amide bonds. The van der Waals surface area contributed by atoms with Gasteiger partial charge >= 0.3 is 0 Å². The van der Waals surface area contributed by atoms with E-state index in [1.165, 1.54) is 21.3 Å². The van der Waals surface area contributed by atoms with Gasteiger partial charge in [-0.2, -0.15) is 0 Å². The van der Waals surface area contributed by atoms with Gasteiger partial charge in [-0.15, -0.1) is 0 Å². The molecular weight excluding hydrogens is 264 g/mol. The van der Waals surface area contributed by atoms with Gasteiger partial charge in [-0.1, -0.05) is 0 Å². The largest absolute Gasteiger partial charge is 0.493 e. The summed E-state index contributed by atoms with van der Waals surface area (Å²) in [6.07, 6.45) is 0.662. The van der Waals surface area contributed by atoms with Gasteiger partial charge in [0.2, 0.25) is 5.75 Å². The lowest BCUT2D eigenvalue weighted by atomic mass is 10.2. The third kappa shape index (κ3) is 5.46. The van der Waals surface area contributed by atoms with Crippen molar-refractivity contribution in [1.29, 1.82) is 0 Å². The molecule has 1 rings (SSSR count). The van der Waals surface area contributed by atoms with Crippen LogP contribution in [-0.2, 0) is 9.47 Å². The molecule has 0 aromatic heterocycles. The standard InChI is InChI=1S/C10H12O4.C4H10O2/c1-12-8-4-7(6-11)5-9(13-2)10(8)14-3;1-4(5-2)6-3/h4-6H,1-3H3;4H,1-3H3. The molecular formula is C14H22O6. The van der Waals surface area contributed by atoms with Crippen LogP contribution in [0, 0.1) is 0 Å². The lowest BCUT2D eigenvalue weighted by molar-refractivity contribution is -0.0877. The van der Waals surface area contributed by atoms with Crippen LogP contribution >= 0.6 is 0 Å². The fourth-order valence-corrected chi connectivity index (χ4v) is 1.27. The quantitative estimate of drug-likeness (QED) is 0.590. The second-order valence-corrected chi connectivity index (χ2v) is 3.62. The molecule has 0 radical (unpaired) electrons. The Hall–Kier alpha value is -1.79. The van der Waals surface area contributed by atoms with Crippen LogP contribution < -0.4 is 14.2 Å². The first kappa shape index (κ1) is 18.2. The topological polar surface area (TPSA) is 63.2 Å². The number of carbonyl (C=O) groups is 1. The van der Waals surface area contributed by atoms with Crippen molar-refractivity contribution in [3.63, 3.8) is 0 Å². The van der Waals surface area contributed by atoms with E-state index in [0.717, 1.165) is 6.29 Å². The van der Waals surface area contributed by atoms with Gasteiger partial charge in [0.15, 0.2) is 17.8 Å². The normalized spacial score (nSPS) is 9.55. The molecule has 6 nitrogen and oxygen atoms in total. The Labute approximate surface area is 119 Å². The Morgan fingerprint density at radius 2 is 1.35 bits per heavy atom. The van der Waals surface area contributed by atoms with Gasteiger partial charge in [-0.3, -0.25) is 4.79 Å². The van der Waals surface area contributed by atoms with Crippen molar-refractivity contribution in [2.24, 2.45) is 0 Å². The van der Waals surface area contributed by atoms with E-state index in [0.29, 0.717) is 22.8 Å². The number of benzene rings is 1. The SMILES string of the molecule is COC(C)OC.COc1cc(C=O)cc(OC)c1OC. The van der Waals surface area contributed by atoms with Crippen molar-refractivity contribution in [3.05, 3.63) is 17.7 Å². The van der Waals surface area contributed by atoms with E-state index >= 15 is 0 Å². The molecule has 0 unspecified atom stereocenters. The van der Waals surface area contributed by atoms with Crippen molar-refractivity contribution < 1.29 is 28.5 Å². The summed E-state index contributed by atoms with van der Waals surface area (Å²) in [7, 11) is 7.74. The summed E-state index contributed by atoms with van der Waals surface area (Å²) in [4.78, 5) is 10.6. The molecule has 1 aromatic carbocycles. The number of methoxy groups -OCH3 is 5. The minimum atomic E-state index is -0.0648. The summed E-state index contributed by atoms with van der Waals surface area (Å²) in [6.45, 7) is 1.83. The predicted molar refractivity (Wildman–Crippen MR) is 75.0 cm³/mol. The lowest BCUT2D eigenvalue weighted by Crippen LogP contribution is -2.05. The molecule has 0 bridgehead atoms. The molecule has 6 heteroatoms. The van der Waals surface area contributed by atoms with E-state index in [2.05, 4.69) is 9.47 Å². The van der Waals surface area contributed by atoms with Gasteiger partial charge in [0, 0.05) is 19.8 Å². The van der Waals surface area contributed by atoms with E-state index in [9.17, 15) is 4.79 Å². The van der Waals surface area contributed by atoms with Gasteiger partial charge < -0.3 is 23.7 Å². The van der Waals surface area contributed by atoms with Crippen LogP contribution in [0.4, 0.5) is 0 Å². The van der Waals surface area contributed by atoms with Gasteiger partial charge in [-0.25, -0.2) is 0 Å². The van der Waals surface area contributed by atoms with E-state index in [1.807, 2.05) is 6.92 Å². The van der Waals surface area contributed by atoms with Crippen molar-refractivity contribution in [1.82, 2.24) is 0 Å². The molecule has 0 atom stereocenters. The highest BCUT2D eigenvalue weighted by atomic mass is 16.7. The maximum atomic E-state index is 10.6. The molecule has 1 aromatic rings. The number of rotatable bonds is 6. The van der Waals surface area contributed by atoms with E-state index < -0.39 is 0 Å². The van der Waals surface area contributed by atoms with Gasteiger partial charge in [0.05, 0.1) is 21.3 Å². The number of hydrogen-bond acceptors (Lipinski definition) is 6. The van der Waals surface area contributed by atoms with Crippen LogP contribution in [0.3, 0.4) is 0 Å². The Kier molecular flexibility index (Phi) is 9.15. The maximum absolute atomic E-state index is 10.6. The first-order chi connectivity index (χ1) is 9.57. The molecule has 0 N–H and O–H groups in total. The van der Waals surface area contributed by atoms with Crippen LogP contribution in [0.5, 0.6) is 17.2 Å². The van der Waals surface area contributed by atoms with Gasteiger partial charge in [0.25, 0.3) is 0 Å². The number of carbonyl (C=O) groups excluding carboxylic acids is 1.